The molecule has 0 saturated carbocycles. The van der Waals surface area contributed by atoms with E-state index in [1.807, 2.05) is 25.1 Å². The molecule has 0 aliphatic rings. The Kier molecular flexibility index (Phi) is 4.69. The van der Waals surface area contributed by atoms with E-state index in [4.69, 9.17) is 9.47 Å². The second-order valence-corrected chi connectivity index (χ2v) is 4.40. The van der Waals surface area contributed by atoms with Gasteiger partial charge in [0.1, 0.15) is 5.75 Å². The quantitative estimate of drug-likeness (QED) is 0.529. The van der Waals surface area contributed by atoms with E-state index in [0.29, 0.717) is 0 Å². The molecule has 1 aromatic rings. The summed E-state index contributed by atoms with van der Waals surface area (Å²) in [4.78, 5) is 0. The topological polar surface area (TPSA) is 18.5 Å². The molecule has 0 fully saturated rings. The van der Waals surface area contributed by atoms with Crippen LogP contribution in [0.25, 0.3) is 0 Å². The lowest BCUT2D eigenvalue weighted by atomic mass is 10.3. The molecule has 0 heterocycles. The van der Waals surface area contributed by atoms with Crippen LogP contribution in [-0.2, 0) is 4.74 Å². The Bertz CT molecular complexity index is 276. The Balaban J connectivity index is 2.47. The molecular weight excluding hydrogens is 192 g/mol. The summed E-state index contributed by atoms with van der Waals surface area (Å²) >= 11 is 0. The summed E-state index contributed by atoms with van der Waals surface area (Å²) in [6.07, 6.45) is 0.876. The summed E-state index contributed by atoms with van der Waals surface area (Å²) in [5.41, 5.74) is 0. The van der Waals surface area contributed by atoms with Crippen molar-refractivity contribution < 1.29 is 9.47 Å². The van der Waals surface area contributed by atoms with Crippen LogP contribution < -0.4 is 9.92 Å². The van der Waals surface area contributed by atoms with Crippen molar-refractivity contribution in [1.82, 2.24) is 0 Å². The van der Waals surface area contributed by atoms with E-state index in [1.54, 1.807) is 0 Å². The first-order chi connectivity index (χ1) is 6.74. The van der Waals surface area contributed by atoms with E-state index in [0.717, 1.165) is 29.0 Å². The van der Waals surface area contributed by atoms with Crippen LogP contribution in [0.3, 0.4) is 0 Å². The fraction of sp³-hybridized carbons (Fsp3) is 0.455. The SMILES string of the molecule is CCCOC(C)Oc1ccccc1[SiH3]. The van der Waals surface area contributed by atoms with E-state index < -0.39 is 0 Å². The number of benzene rings is 1. The Labute approximate surface area is 88.7 Å². The predicted molar refractivity (Wildman–Crippen MR) is 62.3 cm³/mol. The Morgan fingerprint density at radius 3 is 2.71 bits per heavy atom. The predicted octanol–water partition coefficient (Wildman–Crippen LogP) is 0.829. The molecular formula is C11H18O2Si. The van der Waals surface area contributed by atoms with Crippen LogP contribution in [0.4, 0.5) is 0 Å². The third-order valence-corrected chi connectivity index (χ3v) is 2.77. The Hall–Kier alpha value is -0.803. The van der Waals surface area contributed by atoms with Gasteiger partial charge in [-0.05, 0) is 24.6 Å². The highest BCUT2D eigenvalue weighted by molar-refractivity contribution is 6.34. The molecule has 1 rings (SSSR count). The lowest BCUT2D eigenvalue weighted by molar-refractivity contribution is -0.0657. The maximum absolute atomic E-state index is 5.66. The zero-order valence-corrected chi connectivity index (χ0v) is 11.1. The number of para-hydroxylation sites is 1. The maximum atomic E-state index is 5.66. The maximum Gasteiger partial charge on any atom is 0.196 e. The summed E-state index contributed by atoms with van der Waals surface area (Å²) in [5.74, 6) is 0.961. The normalized spacial score (nSPS) is 12.7. The Morgan fingerprint density at radius 2 is 2.07 bits per heavy atom. The standard InChI is InChI=1S/C11H18O2Si/c1-3-8-12-9(2)13-10-6-4-5-7-11(10)14/h4-7,9H,3,8H2,1-2,14H3. The Morgan fingerprint density at radius 1 is 1.36 bits per heavy atom. The van der Waals surface area contributed by atoms with Crippen LogP contribution in [-0.4, -0.2) is 23.1 Å². The summed E-state index contributed by atoms with van der Waals surface area (Å²) in [5, 5.41) is 1.28. The van der Waals surface area contributed by atoms with Gasteiger partial charge in [-0.15, -0.1) is 0 Å². The van der Waals surface area contributed by atoms with Crippen molar-refractivity contribution in [3.05, 3.63) is 24.3 Å². The second-order valence-electron chi connectivity index (χ2n) is 3.32. The third kappa shape index (κ3) is 3.52. The van der Waals surface area contributed by atoms with Crippen molar-refractivity contribution in [1.29, 1.82) is 0 Å². The summed E-state index contributed by atoms with van der Waals surface area (Å²) in [6, 6.07) is 8.11. The number of hydrogen-bond acceptors (Lipinski definition) is 2. The molecule has 78 valence electrons. The largest absolute Gasteiger partial charge is 0.465 e. The highest BCUT2D eigenvalue weighted by atomic mass is 28.1. The molecule has 14 heavy (non-hydrogen) atoms. The van der Waals surface area contributed by atoms with Crippen molar-refractivity contribution in [3.63, 3.8) is 0 Å². The van der Waals surface area contributed by atoms with Crippen LogP contribution in [0, 0.1) is 0 Å². The van der Waals surface area contributed by atoms with Crippen molar-refractivity contribution in [2.75, 3.05) is 6.61 Å². The molecule has 2 nitrogen and oxygen atoms in total. The first-order valence-electron chi connectivity index (χ1n) is 5.08. The fourth-order valence-electron chi connectivity index (χ4n) is 1.19. The molecule has 1 atom stereocenters. The average Bonchev–Trinajstić information content (AvgIpc) is 2.18. The molecule has 0 amide bonds. The molecule has 0 aliphatic carbocycles. The molecule has 1 aromatic carbocycles. The van der Waals surface area contributed by atoms with Gasteiger partial charge in [-0.2, -0.15) is 0 Å². The summed E-state index contributed by atoms with van der Waals surface area (Å²) in [6.45, 7) is 4.78. The highest BCUT2D eigenvalue weighted by Crippen LogP contribution is 2.08. The van der Waals surface area contributed by atoms with E-state index in [2.05, 4.69) is 13.0 Å². The van der Waals surface area contributed by atoms with Gasteiger partial charge in [0.15, 0.2) is 6.29 Å². The van der Waals surface area contributed by atoms with Gasteiger partial charge in [0.25, 0.3) is 0 Å². The second kappa shape index (κ2) is 5.83. The number of ether oxygens (including phenoxy) is 2. The third-order valence-electron chi connectivity index (χ3n) is 1.94. The van der Waals surface area contributed by atoms with Gasteiger partial charge >= 0.3 is 0 Å². The number of rotatable bonds is 5. The van der Waals surface area contributed by atoms with E-state index in [-0.39, 0.29) is 6.29 Å². The van der Waals surface area contributed by atoms with Crippen molar-refractivity contribution in [2.24, 2.45) is 0 Å². The molecule has 0 bridgehead atoms. The highest BCUT2D eigenvalue weighted by Gasteiger charge is 2.04. The zero-order valence-electron chi connectivity index (χ0n) is 9.12. The number of hydrogen-bond donors (Lipinski definition) is 0. The van der Waals surface area contributed by atoms with Gasteiger partial charge in [-0.3, -0.25) is 0 Å². The summed E-state index contributed by atoms with van der Waals surface area (Å²) in [7, 11) is 1.01. The van der Waals surface area contributed by atoms with Crippen LogP contribution in [0.2, 0.25) is 0 Å². The van der Waals surface area contributed by atoms with E-state index in [1.165, 1.54) is 5.19 Å². The first kappa shape index (κ1) is 11.3. The van der Waals surface area contributed by atoms with Gasteiger partial charge in [0.2, 0.25) is 0 Å². The minimum Gasteiger partial charge on any atom is -0.465 e. The minimum atomic E-state index is -0.148. The lowest BCUT2D eigenvalue weighted by Gasteiger charge is -2.16. The van der Waals surface area contributed by atoms with Crippen LogP contribution >= 0.6 is 0 Å². The van der Waals surface area contributed by atoms with Crippen LogP contribution in [0.5, 0.6) is 5.75 Å². The van der Waals surface area contributed by atoms with E-state index >= 15 is 0 Å². The van der Waals surface area contributed by atoms with Gasteiger partial charge in [-0.25, -0.2) is 0 Å². The molecule has 0 N–H and O–H groups in total. The molecule has 0 saturated heterocycles. The lowest BCUT2D eigenvalue weighted by Crippen LogP contribution is -2.20. The molecule has 1 unspecified atom stereocenters. The van der Waals surface area contributed by atoms with Crippen LogP contribution in [0.15, 0.2) is 24.3 Å². The van der Waals surface area contributed by atoms with Crippen molar-refractivity contribution >= 4 is 15.4 Å². The van der Waals surface area contributed by atoms with Gasteiger partial charge < -0.3 is 9.47 Å². The zero-order chi connectivity index (χ0) is 10.4. The fourth-order valence-corrected chi connectivity index (χ4v) is 1.66. The van der Waals surface area contributed by atoms with Gasteiger partial charge in [0, 0.05) is 10.2 Å². The monoisotopic (exact) mass is 210 g/mol. The minimum absolute atomic E-state index is 0.148. The molecule has 0 spiro atoms. The van der Waals surface area contributed by atoms with Crippen molar-refractivity contribution in [2.45, 2.75) is 26.6 Å². The van der Waals surface area contributed by atoms with Crippen molar-refractivity contribution in [3.8, 4) is 5.75 Å². The first-order valence-corrected chi connectivity index (χ1v) is 6.08. The molecule has 0 aromatic heterocycles. The van der Waals surface area contributed by atoms with E-state index in [9.17, 15) is 0 Å². The molecule has 0 aliphatic heterocycles. The van der Waals surface area contributed by atoms with Crippen LogP contribution in [0.1, 0.15) is 20.3 Å². The smallest absolute Gasteiger partial charge is 0.196 e. The average molecular weight is 210 g/mol. The molecule has 3 heteroatoms. The summed E-state index contributed by atoms with van der Waals surface area (Å²) < 4.78 is 11.1. The van der Waals surface area contributed by atoms with Gasteiger partial charge in [-0.1, -0.05) is 25.1 Å². The molecule has 0 radical (unpaired) electrons. The van der Waals surface area contributed by atoms with Gasteiger partial charge in [0.05, 0.1) is 6.61 Å².